The summed E-state index contributed by atoms with van der Waals surface area (Å²) in [5.41, 5.74) is 2.53. The summed E-state index contributed by atoms with van der Waals surface area (Å²) < 4.78 is 29.3. The van der Waals surface area contributed by atoms with Crippen molar-refractivity contribution in [2.45, 2.75) is 42.6 Å². The van der Waals surface area contributed by atoms with Gasteiger partial charge >= 0.3 is 0 Å². The molecule has 1 fully saturated rings. The number of halogens is 1. The topological polar surface area (TPSA) is 72.6 Å². The molecule has 2 N–H and O–H groups in total. The average Bonchev–Trinajstić information content (AvgIpc) is 3.01. The largest absolute Gasteiger partial charge is 0.484 e. The molecule has 2 aromatic carbocycles. The van der Waals surface area contributed by atoms with Crippen LogP contribution in [0.4, 0.5) is 0 Å². The van der Waals surface area contributed by atoms with Gasteiger partial charge in [0.15, 0.2) is 0 Å². The molecule has 7 heteroatoms. The van der Waals surface area contributed by atoms with Gasteiger partial charge in [-0.15, -0.1) is 0 Å². The van der Waals surface area contributed by atoms with Gasteiger partial charge in [0, 0.05) is 12.5 Å². The van der Waals surface area contributed by atoms with E-state index >= 15 is 0 Å². The van der Waals surface area contributed by atoms with E-state index in [4.69, 9.17) is 21.5 Å². The number of hydrogen-bond acceptors (Lipinski definition) is 4. The Kier molecular flexibility index (Phi) is 5.65. The van der Waals surface area contributed by atoms with Crippen molar-refractivity contribution >= 4 is 21.6 Å². The molecular formula is C21H25ClN2O3S. The second-order valence-corrected chi connectivity index (χ2v) is 9.64. The molecule has 4 rings (SSSR count). The van der Waals surface area contributed by atoms with Crippen LogP contribution in [0.1, 0.15) is 48.8 Å². The average molecular weight is 421 g/mol. The Hall–Kier alpha value is -1.60. The minimum atomic E-state index is -3.79. The van der Waals surface area contributed by atoms with E-state index in [2.05, 4.69) is 23.1 Å². The molecule has 0 saturated carbocycles. The van der Waals surface area contributed by atoms with Gasteiger partial charge in [0.2, 0.25) is 10.0 Å². The number of benzene rings is 2. The molecule has 1 aliphatic heterocycles. The molecular weight excluding hydrogens is 396 g/mol. The summed E-state index contributed by atoms with van der Waals surface area (Å²) in [6.45, 7) is 3.39. The maximum Gasteiger partial charge on any atom is 0.238 e. The molecule has 0 aromatic heterocycles. The van der Waals surface area contributed by atoms with Gasteiger partial charge in [-0.1, -0.05) is 42.3 Å². The second kappa shape index (κ2) is 8.03. The molecule has 0 bridgehead atoms. The number of nitrogens with two attached hydrogens (primary N) is 1. The molecule has 5 nitrogen and oxygen atoms in total. The number of sulfonamides is 1. The summed E-state index contributed by atoms with van der Waals surface area (Å²) in [6.07, 6.45) is 4.68. The van der Waals surface area contributed by atoms with E-state index in [0.29, 0.717) is 11.7 Å². The van der Waals surface area contributed by atoms with Crippen molar-refractivity contribution in [2.75, 3.05) is 19.6 Å². The van der Waals surface area contributed by atoms with Gasteiger partial charge in [-0.3, -0.25) is 0 Å². The monoisotopic (exact) mass is 420 g/mol. The zero-order chi connectivity index (χ0) is 19.7. The van der Waals surface area contributed by atoms with Crippen LogP contribution in [0, 0.1) is 0 Å². The first-order valence-electron chi connectivity index (χ1n) is 9.72. The highest BCUT2D eigenvalue weighted by Crippen LogP contribution is 2.44. The number of hydrogen-bond donors (Lipinski definition) is 1. The first-order chi connectivity index (χ1) is 13.4. The fourth-order valence-corrected chi connectivity index (χ4v) is 5.16. The van der Waals surface area contributed by atoms with Crippen molar-refractivity contribution in [2.24, 2.45) is 5.14 Å². The molecule has 0 spiro atoms. The summed E-state index contributed by atoms with van der Waals surface area (Å²) in [7, 11) is -3.79. The summed E-state index contributed by atoms with van der Waals surface area (Å²) in [6, 6.07) is 12.8. The minimum absolute atomic E-state index is 0.0142. The van der Waals surface area contributed by atoms with Gasteiger partial charge in [0.05, 0.1) is 9.92 Å². The number of rotatable bonds is 5. The number of likely N-dealkylation sites (tertiary alicyclic amines) is 1. The third-order valence-corrected chi connectivity index (χ3v) is 6.92. The standard InChI is InChI=1S/C21H25ClN2O3S/c22-19-13-16(28(23,25)26)8-9-20(19)27-21-12-15(14-24-10-4-1-5-11-24)17-6-2-3-7-18(17)21/h2-3,6-9,13,15,21H,1,4-5,10-12,14H2,(H2,23,25,26)/t15-,21+/m0/s1. The molecule has 1 saturated heterocycles. The summed E-state index contributed by atoms with van der Waals surface area (Å²) >= 11 is 6.28. The Morgan fingerprint density at radius 3 is 2.46 bits per heavy atom. The zero-order valence-corrected chi connectivity index (χ0v) is 17.3. The van der Waals surface area contributed by atoms with Crippen molar-refractivity contribution in [1.29, 1.82) is 0 Å². The second-order valence-electron chi connectivity index (χ2n) is 7.67. The van der Waals surface area contributed by atoms with E-state index in [1.165, 1.54) is 55.6 Å². The highest BCUT2D eigenvalue weighted by Gasteiger charge is 2.33. The lowest BCUT2D eigenvalue weighted by atomic mass is 9.99. The fraction of sp³-hybridized carbons (Fsp3) is 0.429. The van der Waals surface area contributed by atoms with Crippen molar-refractivity contribution in [3.05, 3.63) is 58.6 Å². The Bertz CT molecular complexity index is 958. The maximum absolute atomic E-state index is 11.5. The first-order valence-corrected chi connectivity index (χ1v) is 11.6. The van der Waals surface area contributed by atoms with Crippen LogP contribution >= 0.6 is 11.6 Å². The van der Waals surface area contributed by atoms with Crippen molar-refractivity contribution in [1.82, 2.24) is 4.90 Å². The summed E-state index contributed by atoms with van der Waals surface area (Å²) in [5.74, 6) is 0.911. The van der Waals surface area contributed by atoms with Crippen LogP contribution in [-0.2, 0) is 10.0 Å². The van der Waals surface area contributed by atoms with E-state index in [-0.39, 0.29) is 16.0 Å². The Balaban J connectivity index is 1.54. The van der Waals surface area contributed by atoms with Crippen LogP contribution in [-0.4, -0.2) is 33.0 Å². The van der Waals surface area contributed by atoms with Crippen LogP contribution in [0.15, 0.2) is 47.4 Å². The van der Waals surface area contributed by atoms with Crippen LogP contribution in [0.5, 0.6) is 5.75 Å². The van der Waals surface area contributed by atoms with Gasteiger partial charge in [-0.25, -0.2) is 13.6 Å². The molecule has 2 aromatic rings. The molecule has 2 atom stereocenters. The van der Waals surface area contributed by atoms with E-state index in [1.54, 1.807) is 6.07 Å². The quantitative estimate of drug-likeness (QED) is 0.790. The van der Waals surface area contributed by atoms with E-state index in [9.17, 15) is 8.42 Å². The summed E-state index contributed by atoms with van der Waals surface area (Å²) in [4.78, 5) is 2.54. The molecule has 0 unspecified atom stereocenters. The number of nitrogens with zero attached hydrogens (tertiary/aromatic N) is 1. The Morgan fingerprint density at radius 1 is 1.07 bits per heavy atom. The van der Waals surface area contributed by atoms with Crippen LogP contribution in [0.2, 0.25) is 5.02 Å². The molecule has 1 heterocycles. The van der Waals surface area contributed by atoms with Crippen molar-refractivity contribution < 1.29 is 13.2 Å². The maximum atomic E-state index is 11.5. The number of ether oxygens (including phenoxy) is 1. The Labute approximate surface area is 171 Å². The van der Waals surface area contributed by atoms with Crippen LogP contribution in [0.25, 0.3) is 0 Å². The smallest absolute Gasteiger partial charge is 0.238 e. The van der Waals surface area contributed by atoms with Crippen molar-refractivity contribution in [3.63, 3.8) is 0 Å². The minimum Gasteiger partial charge on any atom is -0.484 e. The third-order valence-electron chi connectivity index (χ3n) is 5.71. The van der Waals surface area contributed by atoms with Crippen molar-refractivity contribution in [3.8, 4) is 5.75 Å². The highest BCUT2D eigenvalue weighted by atomic mass is 35.5. The van der Waals surface area contributed by atoms with Gasteiger partial charge in [-0.2, -0.15) is 0 Å². The number of primary sulfonamides is 1. The molecule has 2 aliphatic rings. The normalized spacial score (nSPS) is 22.8. The zero-order valence-electron chi connectivity index (χ0n) is 15.7. The first kappa shape index (κ1) is 19.7. The van der Waals surface area contributed by atoms with Crippen LogP contribution in [0.3, 0.4) is 0 Å². The van der Waals surface area contributed by atoms with Gasteiger partial charge in [0.25, 0.3) is 0 Å². The van der Waals surface area contributed by atoms with Crippen LogP contribution < -0.4 is 9.88 Å². The van der Waals surface area contributed by atoms with Gasteiger partial charge in [-0.05, 0) is 61.7 Å². The predicted octanol–water partition coefficient (Wildman–Crippen LogP) is 4.08. The molecule has 0 radical (unpaired) electrons. The number of piperidine rings is 1. The third kappa shape index (κ3) is 4.20. The number of fused-ring (bicyclic) bond motifs is 1. The molecule has 0 amide bonds. The lowest BCUT2D eigenvalue weighted by molar-refractivity contribution is 0.175. The fourth-order valence-electron chi connectivity index (χ4n) is 4.33. The molecule has 28 heavy (non-hydrogen) atoms. The highest BCUT2D eigenvalue weighted by molar-refractivity contribution is 7.89. The summed E-state index contributed by atoms with van der Waals surface area (Å²) in [5, 5.41) is 5.43. The molecule has 150 valence electrons. The lowest BCUT2D eigenvalue weighted by Crippen LogP contribution is -2.33. The Morgan fingerprint density at radius 2 is 1.79 bits per heavy atom. The van der Waals surface area contributed by atoms with Gasteiger partial charge < -0.3 is 9.64 Å². The van der Waals surface area contributed by atoms with E-state index < -0.39 is 10.0 Å². The van der Waals surface area contributed by atoms with E-state index in [1.807, 2.05) is 6.07 Å². The van der Waals surface area contributed by atoms with E-state index in [0.717, 1.165) is 13.0 Å². The molecule has 1 aliphatic carbocycles. The van der Waals surface area contributed by atoms with Gasteiger partial charge in [0.1, 0.15) is 11.9 Å². The lowest BCUT2D eigenvalue weighted by Gasteiger charge is -2.29. The SMILES string of the molecule is NS(=O)(=O)c1ccc(O[C@@H]2C[C@@H](CN3CCCCC3)c3ccccc32)c(Cl)c1. The predicted molar refractivity (Wildman–Crippen MR) is 110 cm³/mol.